The second kappa shape index (κ2) is 7.33. The highest BCUT2D eigenvalue weighted by Gasteiger charge is 2.20. The molecule has 2 heterocycles. The number of aromatic nitrogens is 2. The quantitative estimate of drug-likeness (QED) is 0.889. The number of rotatable bonds is 5. The number of carbonyl (C=O) groups is 1. The molecular formula is C15H24N4O. The van der Waals surface area contributed by atoms with E-state index in [9.17, 15) is 4.79 Å². The fourth-order valence-electron chi connectivity index (χ4n) is 2.67. The van der Waals surface area contributed by atoms with Crippen molar-refractivity contribution in [3.05, 3.63) is 24.3 Å². The Labute approximate surface area is 120 Å². The van der Waals surface area contributed by atoms with E-state index < -0.39 is 0 Å². The van der Waals surface area contributed by atoms with Crippen LogP contribution < -0.4 is 5.32 Å². The summed E-state index contributed by atoms with van der Waals surface area (Å²) in [6.45, 7) is 7.61. The first-order chi connectivity index (χ1) is 9.66. The number of likely N-dealkylation sites (tertiary alicyclic amines) is 1. The fourth-order valence-corrected chi connectivity index (χ4v) is 2.67. The predicted molar refractivity (Wildman–Crippen MR) is 78.4 cm³/mol. The van der Waals surface area contributed by atoms with Crippen LogP contribution in [-0.2, 0) is 0 Å². The van der Waals surface area contributed by atoms with Gasteiger partial charge in [0.15, 0.2) is 0 Å². The Hall–Kier alpha value is -1.49. The summed E-state index contributed by atoms with van der Waals surface area (Å²) in [5, 5.41) is 2.95. The summed E-state index contributed by atoms with van der Waals surface area (Å²) < 4.78 is 0. The standard InChI is InChI=1S/C15H24N4O/c1-12(2)19-7-4-13(5-8-19)3-6-18-15(20)14-9-16-11-17-10-14/h9-13H,3-8H2,1-2H3,(H,18,20). The van der Waals surface area contributed by atoms with Crippen molar-refractivity contribution in [2.45, 2.75) is 39.2 Å². The number of piperidine rings is 1. The third kappa shape index (κ3) is 4.27. The van der Waals surface area contributed by atoms with Gasteiger partial charge in [0, 0.05) is 25.0 Å². The first-order valence-electron chi connectivity index (χ1n) is 7.44. The molecule has 0 saturated carbocycles. The molecule has 1 amide bonds. The zero-order valence-corrected chi connectivity index (χ0v) is 12.4. The van der Waals surface area contributed by atoms with Crippen molar-refractivity contribution in [1.29, 1.82) is 0 Å². The molecule has 0 atom stereocenters. The summed E-state index contributed by atoms with van der Waals surface area (Å²) in [4.78, 5) is 22.1. The topological polar surface area (TPSA) is 58.1 Å². The predicted octanol–water partition coefficient (Wildman–Crippen LogP) is 1.72. The largest absolute Gasteiger partial charge is 0.352 e. The molecule has 0 radical (unpaired) electrons. The highest BCUT2D eigenvalue weighted by molar-refractivity contribution is 5.93. The van der Waals surface area contributed by atoms with Crippen LogP contribution in [0, 0.1) is 5.92 Å². The van der Waals surface area contributed by atoms with Crippen molar-refractivity contribution < 1.29 is 4.79 Å². The maximum absolute atomic E-state index is 11.8. The Morgan fingerprint density at radius 2 is 2.00 bits per heavy atom. The molecule has 0 aromatic carbocycles. The summed E-state index contributed by atoms with van der Waals surface area (Å²) in [6, 6.07) is 0.647. The van der Waals surface area contributed by atoms with Gasteiger partial charge in [-0.05, 0) is 52.1 Å². The van der Waals surface area contributed by atoms with Crippen LogP contribution in [0.1, 0.15) is 43.5 Å². The second-order valence-electron chi connectivity index (χ2n) is 5.74. The summed E-state index contributed by atoms with van der Waals surface area (Å²) in [5.41, 5.74) is 0.530. The number of amides is 1. The molecule has 1 N–H and O–H groups in total. The molecule has 0 bridgehead atoms. The van der Waals surface area contributed by atoms with Crippen LogP contribution in [0.25, 0.3) is 0 Å². The number of carbonyl (C=O) groups excluding carboxylic acids is 1. The smallest absolute Gasteiger partial charge is 0.254 e. The normalized spacial score (nSPS) is 17.4. The maximum Gasteiger partial charge on any atom is 0.254 e. The maximum atomic E-state index is 11.8. The number of nitrogens with one attached hydrogen (secondary N) is 1. The van der Waals surface area contributed by atoms with Gasteiger partial charge in [-0.1, -0.05) is 0 Å². The average molecular weight is 276 g/mol. The summed E-state index contributed by atoms with van der Waals surface area (Å²) >= 11 is 0. The van der Waals surface area contributed by atoms with Crippen LogP contribution in [0.5, 0.6) is 0 Å². The highest BCUT2D eigenvalue weighted by Crippen LogP contribution is 2.21. The van der Waals surface area contributed by atoms with Crippen LogP contribution in [0.2, 0.25) is 0 Å². The van der Waals surface area contributed by atoms with Crippen molar-refractivity contribution >= 4 is 5.91 Å². The minimum atomic E-state index is -0.0785. The first-order valence-corrected chi connectivity index (χ1v) is 7.44. The summed E-state index contributed by atoms with van der Waals surface area (Å²) in [6.07, 6.45) is 8.06. The lowest BCUT2D eigenvalue weighted by Crippen LogP contribution is -2.39. The van der Waals surface area contributed by atoms with E-state index in [1.807, 2.05) is 0 Å². The molecule has 1 aromatic rings. The van der Waals surface area contributed by atoms with Gasteiger partial charge < -0.3 is 10.2 Å². The Balaban J connectivity index is 1.66. The van der Waals surface area contributed by atoms with Gasteiger partial charge in [-0.25, -0.2) is 9.97 Å². The van der Waals surface area contributed by atoms with E-state index in [0.717, 1.165) is 18.9 Å². The molecule has 5 nitrogen and oxygen atoms in total. The van der Waals surface area contributed by atoms with Crippen molar-refractivity contribution in [2.24, 2.45) is 5.92 Å². The molecular weight excluding hydrogens is 252 g/mol. The van der Waals surface area contributed by atoms with Crippen molar-refractivity contribution in [3.8, 4) is 0 Å². The van der Waals surface area contributed by atoms with Gasteiger partial charge in [-0.2, -0.15) is 0 Å². The monoisotopic (exact) mass is 276 g/mol. The highest BCUT2D eigenvalue weighted by atomic mass is 16.1. The third-order valence-electron chi connectivity index (χ3n) is 4.04. The number of hydrogen-bond acceptors (Lipinski definition) is 4. The molecule has 1 aliphatic heterocycles. The fraction of sp³-hybridized carbons (Fsp3) is 0.667. The Kier molecular flexibility index (Phi) is 5.47. The van der Waals surface area contributed by atoms with Gasteiger partial charge in [0.05, 0.1) is 5.56 Å². The average Bonchev–Trinajstić information content (AvgIpc) is 2.48. The van der Waals surface area contributed by atoms with Crippen molar-refractivity contribution in [2.75, 3.05) is 19.6 Å². The summed E-state index contributed by atoms with van der Waals surface area (Å²) in [5.74, 6) is 0.655. The van der Waals surface area contributed by atoms with Crippen LogP contribution in [0.15, 0.2) is 18.7 Å². The molecule has 1 fully saturated rings. The van der Waals surface area contributed by atoms with Crippen LogP contribution in [0.3, 0.4) is 0 Å². The molecule has 110 valence electrons. The van der Waals surface area contributed by atoms with Crippen LogP contribution in [0.4, 0.5) is 0 Å². The van der Waals surface area contributed by atoms with Gasteiger partial charge in [0.2, 0.25) is 0 Å². The second-order valence-corrected chi connectivity index (χ2v) is 5.74. The lowest BCUT2D eigenvalue weighted by molar-refractivity contribution is 0.0945. The van der Waals surface area contributed by atoms with Crippen LogP contribution in [-0.4, -0.2) is 46.5 Å². The molecule has 2 rings (SSSR count). The van der Waals surface area contributed by atoms with Gasteiger partial charge in [0.1, 0.15) is 6.33 Å². The lowest BCUT2D eigenvalue weighted by atomic mass is 9.93. The molecule has 1 saturated heterocycles. The van der Waals surface area contributed by atoms with E-state index in [0.29, 0.717) is 11.6 Å². The zero-order valence-electron chi connectivity index (χ0n) is 12.4. The van der Waals surface area contributed by atoms with Crippen LogP contribution >= 0.6 is 0 Å². The van der Waals surface area contributed by atoms with Gasteiger partial charge >= 0.3 is 0 Å². The first kappa shape index (κ1) is 14.9. The SMILES string of the molecule is CC(C)N1CCC(CCNC(=O)c2cncnc2)CC1. The van der Waals surface area contributed by atoms with Gasteiger partial charge in [-0.3, -0.25) is 4.79 Å². The molecule has 0 spiro atoms. The zero-order chi connectivity index (χ0) is 14.4. The molecule has 1 aliphatic rings. The number of hydrogen-bond donors (Lipinski definition) is 1. The van der Waals surface area contributed by atoms with E-state index in [1.54, 1.807) is 12.4 Å². The third-order valence-corrected chi connectivity index (χ3v) is 4.04. The van der Waals surface area contributed by atoms with E-state index in [1.165, 1.54) is 32.3 Å². The summed E-state index contributed by atoms with van der Waals surface area (Å²) in [7, 11) is 0. The van der Waals surface area contributed by atoms with E-state index >= 15 is 0 Å². The van der Waals surface area contributed by atoms with E-state index in [-0.39, 0.29) is 5.91 Å². The van der Waals surface area contributed by atoms with E-state index in [4.69, 9.17) is 0 Å². The molecule has 20 heavy (non-hydrogen) atoms. The van der Waals surface area contributed by atoms with E-state index in [2.05, 4.69) is 34.0 Å². The minimum Gasteiger partial charge on any atom is -0.352 e. The minimum absolute atomic E-state index is 0.0785. The Bertz CT molecular complexity index is 413. The number of nitrogens with zero attached hydrogens (tertiary/aromatic N) is 3. The molecule has 1 aromatic heterocycles. The molecule has 0 aliphatic carbocycles. The Morgan fingerprint density at radius 1 is 1.35 bits per heavy atom. The molecule has 0 unspecified atom stereocenters. The van der Waals surface area contributed by atoms with Gasteiger partial charge in [-0.15, -0.1) is 0 Å². The lowest BCUT2D eigenvalue weighted by Gasteiger charge is -2.34. The van der Waals surface area contributed by atoms with Crippen molar-refractivity contribution in [3.63, 3.8) is 0 Å². The van der Waals surface area contributed by atoms with Crippen molar-refractivity contribution in [1.82, 2.24) is 20.2 Å². The van der Waals surface area contributed by atoms with Gasteiger partial charge in [0.25, 0.3) is 5.91 Å². The molecule has 5 heteroatoms. The Morgan fingerprint density at radius 3 is 2.60 bits per heavy atom.